The summed E-state index contributed by atoms with van der Waals surface area (Å²) in [4.78, 5) is 38.6. The number of hydrogen-bond donors (Lipinski definition) is 1. The minimum atomic E-state index is -1.05. The summed E-state index contributed by atoms with van der Waals surface area (Å²) >= 11 is 11.9. The molecule has 2 aromatic rings. The largest absolute Gasteiger partial charge is 0.452 e. The molecule has 1 aliphatic rings. The van der Waals surface area contributed by atoms with Gasteiger partial charge in [0.15, 0.2) is 6.10 Å². The number of likely N-dealkylation sites (tertiary alicyclic amines) is 1. The van der Waals surface area contributed by atoms with E-state index in [1.165, 1.54) is 13.0 Å². The van der Waals surface area contributed by atoms with Gasteiger partial charge in [0.25, 0.3) is 5.91 Å². The van der Waals surface area contributed by atoms with E-state index >= 15 is 0 Å². The van der Waals surface area contributed by atoms with Gasteiger partial charge in [0.1, 0.15) is 0 Å². The van der Waals surface area contributed by atoms with Crippen molar-refractivity contribution >= 4 is 46.7 Å². The second-order valence-corrected chi connectivity index (χ2v) is 7.70. The molecule has 1 fully saturated rings. The van der Waals surface area contributed by atoms with Crippen LogP contribution in [0.25, 0.3) is 0 Å². The van der Waals surface area contributed by atoms with E-state index in [1.807, 2.05) is 30.3 Å². The van der Waals surface area contributed by atoms with E-state index < -0.39 is 23.9 Å². The van der Waals surface area contributed by atoms with Crippen LogP contribution < -0.4 is 5.32 Å². The molecule has 0 bridgehead atoms. The van der Waals surface area contributed by atoms with Gasteiger partial charge in [-0.3, -0.25) is 14.4 Å². The maximum absolute atomic E-state index is 12.4. The fraction of sp³-hybridized carbons (Fsp3) is 0.286. The van der Waals surface area contributed by atoms with Crippen LogP contribution in [0.3, 0.4) is 0 Å². The third kappa shape index (κ3) is 5.49. The first-order valence-corrected chi connectivity index (χ1v) is 9.87. The summed E-state index contributed by atoms with van der Waals surface area (Å²) in [5.41, 5.74) is 1.32. The molecule has 3 rings (SSSR count). The van der Waals surface area contributed by atoms with E-state index in [0.29, 0.717) is 22.3 Å². The van der Waals surface area contributed by atoms with Crippen molar-refractivity contribution in [3.8, 4) is 0 Å². The maximum atomic E-state index is 12.4. The number of benzene rings is 2. The molecule has 0 spiro atoms. The number of anilines is 1. The van der Waals surface area contributed by atoms with Gasteiger partial charge in [-0.25, -0.2) is 0 Å². The van der Waals surface area contributed by atoms with E-state index in [0.717, 1.165) is 5.56 Å². The van der Waals surface area contributed by atoms with Crippen LogP contribution in [0.15, 0.2) is 48.5 Å². The molecule has 0 radical (unpaired) electrons. The van der Waals surface area contributed by atoms with Crippen molar-refractivity contribution in [2.75, 3.05) is 11.9 Å². The first kappa shape index (κ1) is 21.1. The van der Waals surface area contributed by atoms with Crippen LogP contribution in [-0.4, -0.2) is 35.3 Å². The van der Waals surface area contributed by atoms with Crippen molar-refractivity contribution in [2.24, 2.45) is 5.92 Å². The zero-order valence-electron chi connectivity index (χ0n) is 15.7. The highest BCUT2D eigenvalue weighted by atomic mass is 35.5. The number of carbonyl (C=O) groups excluding carboxylic acids is 3. The number of rotatable bonds is 6. The molecular weight excluding hydrogens is 415 g/mol. The molecule has 2 unspecified atom stereocenters. The Bertz CT molecular complexity index is 920. The minimum absolute atomic E-state index is 0.0696. The van der Waals surface area contributed by atoms with Crippen molar-refractivity contribution in [1.82, 2.24) is 4.90 Å². The number of amides is 2. The van der Waals surface area contributed by atoms with Crippen LogP contribution >= 0.6 is 23.2 Å². The minimum Gasteiger partial charge on any atom is -0.452 e. The highest BCUT2D eigenvalue weighted by molar-refractivity contribution is 6.35. The standard InChI is InChI=1S/C21H20Cl2N2O4/c1-13(20(27)24-18-10-16(22)7-8-17(18)23)29-21(28)15-9-19(26)25(12-15)11-14-5-3-2-4-6-14/h2-8,10,13,15H,9,11-12H2,1H3,(H,24,27). The first-order valence-electron chi connectivity index (χ1n) is 9.11. The molecular formula is C21H20Cl2N2O4. The summed E-state index contributed by atoms with van der Waals surface area (Å²) < 4.78 is 5.28. The lowest BCUT2D eigenvalue weighted by Gasteiger charge is -2.18. The van der Waals surface area contributed by atoms with Gasteiger partial charge in [-0.05, 0) is 30.7 Å². The Balaban J connectivity index is 1.54. The lowest BCUT2D eigenvalue weighted by molar-refractivity contribution is -0.157. The summed E-state index contributed by atoms with van der Waals surface area (Å²) in [5.74, 6) is -1.82. The Morgan fingerprint density at radius 2 is 1.93 bits per heavy atom. The average molecular weight is 435 g/mol. The molecule has 0 saturated carbocycles. The number of carbonyl (C=O) groups is 3. The van der Waals surface area contributed by atoms with Gasteiger partial charge in [0, 0.05) is 24.5 Å². The molecule has 2 amide bonds. The van der Waals surface area contributed by atoms with E-state index in [9.17, 15) is 14.4 Å². The first-order chi connectivity index (χ1) is 13.8. The van der Waals surface area contributed by atoms with E-state index in [-0.39, 0.29) is 18.9 Å². The zero-order valence-corrected chi connectivity index (χ0v) is 17.2. The molecule has 0 aliphatic carbocycles. The topological polar surface area (TPSA) is 75.7 Å². The normalized spacial score (nSPS) is 17.1. The SMILES string of the molecule is CC(OC(=O)C1CC(=O)N(Cc2ccccc2)C1)C(=O)Nc1cc(Cl)ccc1Cl. The smallest absolute Gasteiger partial charge is 0.312 e. The monoisotopic (exact) mass is 434 g/mol. The molecule has 1 aliphatic heterocycles. The van der Waals surface area contributed by atoms with Crippen LogP contribution in [0.5, 0.6) is 0 Å². The Morgan fingerprint density at radius 3 is 2.66 bits per heavy atom. The zero-order chi connectivity index (χ0) is 21.0. The Morgan fingerprint density at radius 1 is 1.21 bits per heavy atom. The molecule has 29 heavy (non-hydrogen) atoms. The van der Waals surface area contributed by atoms with Gasteiger partial charge in [-0.2, -0.15) is 0 Å². The molecule has 6 nitrogen and oxygen atoms in total. The number of esters is 1. The van der Waals surface area contributed by atoms with Crippen molar-refractivity contribution in [2.45, 2.75) is 26.0 Å². The summed E-state index contributed by atoms with van der Waals surface area (Å²) in [6, 6.07) is 14.2. The van der Waals surface area contributed by atoms with Crippen molar-refractivity contribution in [3.05, 3.63) is 64.1 Å². The second-order valence-electron chi connectivity index (χ2n) is 6.85. The maximum Gasteiger partial charge on any atom is 0.312 e. The Hall–Kier alpha value is -2.57. The number of halogens is 2. The summed E-state index contributed by atoms with van der Waals surface area (Å²) in [5, 5.41) is 3.32. The number of ether oxygens (including phenoxy) is 1. The molecule has 2 atom stereocenters. The van der Waals surface area contributed by atoms with E-state index in [2.05, 4.69) is 5.32 Å². The predicted octanol–water partition coefficient (Wildman–Crippen LogP) is 3.91. The molecule has 1 N–H and O–H groups in total. The van der Waals surface area contributed by atoms with Gasteiger partial charge in [0.2, 0.25) is 5.91 Å². The van der Waals surface area contributed by atoms with Crippen LogP contribution in [0.2, 0.25) is 10.0 Å². The third-order valence-electron chi connectivity index (χ3n) is 4.61. The van der Waals surface area contributed by atoms with Crippen LogP contribution in [0.4, 0.5) is 5.69 Å². The van der Waals surface area contributed by atoms with E-state index in [4.69, 9.17) is 27.9 Å². The Labute approximate surface area is 178 Å². The van der Waals surface area contributed by atoms with Crippen LogP contribution in [0, 0.1) is 5.92 Å². The molecule has 1 heterocycles. The lowest BCUT2D eigenvalue weighted by Crippen LogP contribution is -2.33. The second kappa shape index (κ2) is 9.29. The highest BCUT2D eigenvalue weighted by Crippen LogP contribution is 2.26. The predicted molar refractivity (Wildman–Crippen MR) is 111 cm³/mol. The van der Waals surface area contributed by atoms with Crippen molar-refractivity contribution < 1.29 is 19.1 Å². The summed E-state index contributed by atoms with van der Waals surface area (Å²) in [6.07, 6.45) is -0.976. The fourth-order valence-corrected chi connectivity index (χ4v) is 3.38. The van der Waals surface area contributed by atoms with Gasteiger partial charge in [-0.15, -0.1) is 0 Å². The van der Waals surface area contributed by atoms with Crippen molar-refractivity contribution in [1.29, 1.82) is 0 Å². The molecule has 0 aromatic heterocycles. The van der Waals surface area contributed by atoms with Crippen molar-refractivity contribution in [3.63, 3.8) is 0 Å². The summed E-state index contributed by atoms with van der Waals surface area (Å²) in [6.45, 7) is 2.16. The lowest BCUT2D eigenvalue weighted by atomic mass is 10.1. The number of nitrogens with zero attached hydrogens (tertiary/aromatic N) is 1. The number of hydrogen-bond acceptors (Lipinski definition) is 4. The van der Waals surface area contributed by atoms with Gasteiger partial charge < -0.3 is 15.0 Å². The van der Waals surface area contributed by atoms with Gasteiger partial charge >= 0.3 is 5.97 Å². The Kier molecular flexibility index (Phi) is 6.77. The van der Waals surface area contributed by atoms with E-state index in [1.54, 1.807) is 17.0 Å². The average Bonchev–Trinajstić information content (AvgIpc) is 3.06. The number of nitrogens with one attached hydrogen (secondary N) is 1. The third-order valence-corrected chi connectivity index (χ3v) is 5.18. The molecule has 1 saturated heterocycles. The van der Waals surface area contributed by atoms with Crippen LogP contribution in [-0.2, 0) is 25.7 Å². The fourth-order valence-electron chi connectivity index (χ4n) is 3.04. The van der Waals surface area contributed by atoms with Crippen LogP contribution in [0.1, 0.15) is 18.9 Å². The summed E-state index contributed by atoms with van der Waals surface area (Å²) in [7, 11) is 0. The molecule has 152 valence electrons. The highest BCUT2D eigenvalue weighted by Gasteiger charge is 2.36. The quantitative estimate of drug-likeness (QED) is 0.699. The van der Waals surface area contributed by atoms with Gasteiger partial charge in [-0.1, -0.05) is 53.5 Å². The molecule has 8 heteroatoms. The molecule has 2 aromatic carbocycles. The van der Waals surface area contributed by atoms with Gasteiger partial charge in [0.05, 0.1) is 16.6 Å².